The summed E-state index contributed by atoms with van der Waals surface area (Å²) in [5.41, 5.74) is 3.68. The number of thiophene rings is 1. The van der Waals surface area contributed by atoms with E-state index in [4.69, 9.17) is 9.47 Å². The third kappa shape index (κ3) is 4.35. The summed E-state index contributed by atoms with van der Waals surface area (Å²) in [7, 11) is 3.32. The van der Waals surface area contributed by atoms with E-state index in [0.29, 0.717) is 12.3 Å². The van der Waals surface area contributed by atoms with Gasteiger partial charge in [0.2, 0.25) is 0 Å². The minimum absolute atomic E-state index is 0.0303. The number of benzene rings is 2. The number of ether oxygens (including phenoxy) is 2. The van der Waals surface area contributed by atoms with Crippen LogP contribution in [0.2, 0.25) is 0 Å². The molecule has 0 saturated heterocycles. The Kier molecular flexibility index (Phi) is 6.35. The molecule has 0 bridgehead atoms. The van der Waals surface area contributed by atoms with Gasteiger partial charge in [0.1, 0.15) is 0 Å². The zero-order valence-electron chi connectivity index (χ0n) is 17.3. The van der Waals surface area contributed by atoms with Crippen molar-refractivity contribution >= 4 is 17.2 Å². The predicted molar refractivity (Wildman–Crippen MR) is 119 cm³/mol. The number of nitrogens with one attached hydrogen (secondary N) is 1. The summed E-state index contributed by atoms with van der Waals surface area (Å²) in [6.07, 6.45) is 0.928. The van der Waals surface area contributed by atoms with Crippen molar-refractivity contribution in [2.75, 3.05) is 27.3 Å². The Balaban J connectivity index is 1.63. The van der Waals surface area contributed by atoms with Crippen LogP contribution in [-0.2, 0) is 13.0 Å². The fourth-order valence-electron chi connectivity index (χ4n) is 4.01. The average molecular weight is 423 g/mol. The third-order valence-corrected chi connectivity index (χ3v) is 6.41. The maximum Gasteiger partial charge on any atom is 0.261 e. The molecule has 4 rings (SSSR count). The van der Waals surface area contributed by atoms with Crippen LogP contribution in [0.25, 0.3) is 0 Å². The van der Waals surface area contributed by atoms with E-state index in [1.165, 1.54) is 28.0 Å². The number of rotatable bonds is 7. The van der Waals surface area contributed by atoms with Gasteiger partial charge in [0, 0.05) is 19.6 Å². The summed E-state index contributed by atoms with van der Waals surface area (Å²) in [5.74, 6) is 1.43. The maximum absolute atomic E-state index is 12.6. The van der Waals surface area contributed by atoms with Crippen LogP contribution in [0, 0.1) is 0 Å². The van der Waals surface area contributed by atoms with Crippen LogP contribution >= 0.6 is 11.3 Å². The van der Waals surface area contributed by atoms with Gasteiger partial charge in [0.25, 0.3) is 5.91 Å². The molecule has 1 amide bonds. The molecule has 0 saturated carbocycles. The lowest BCUT2D eigenvalue weighted by atomic mass is 9.91. The molecule has 0 aliphatic carbocycles. The van der Waals surface area contributed by atoms with E-state index >= 15 is 0 Å². The molecule has 30 heavy (non-hydrogen) atoms. The molecule has 0 fully saturated rings. The molecule has 1 N–H and O–H groups in total. The monoisotopic (exact) mass is 422 g/mol. The molecule has 1 aromatic heterocycles. The van der Waals surface area contributed by atoms with E-state index < -0.39 is 0 Å². The highest BCUT2D eigenvalue weighted by Gasteiger charge is 2.29. The largest absolute Gasteiger partial charge is 0.493 e. The standard InChI is InChI=1S/C24H26N2O3S/c1-28-21-13-18-10-11-26(16-17-7-4-3-5-8-17)20(19(18)14-22(21)29-2)15-25-24(27)23-9-6-12-30-23/h3-9,12-14,20H,10-11,15-16H2,1-2H3,(H,25,27). The van der Waals surface area contributed by atoms with Gasteiger partial charge >= 0.3 is 0 Å². The Labute approximate surface area is 181 Å². The highest BCUT2D eigenvalue weighted by molar-refractivity contribution is 7.12. The van der Waals surface area contributed by atoms with Crippen molar-refractivity contribution in [3.8, 4) is 11.5 Å². The van der Waals surface area contributed by atoms with Crippen molar-refractivity contribution in [1.82, 2.24) is 10.2 Å². The second-order valence-corrected chi connectivity index (χ2v) is 8.26. The molecular weight excluding hydrogens is 396 g/mol. The number of hydrogen-bond acceptors (Lipinski definition) is 5. The number of carbonyl (C=O) groups is 1. The molecule has 1 aliphatic heterocycles. The van der Waals surface area contributed by atoms with Crippen LogP contribution in [0.5, 0.6) is 11.5 Å². The summed E-state index contributed by atoms with van der Waals surface area (Å²) in [6.45, 7) is 2.27. The van der Waals surface area contributed by atoms with E-state index in [0.717, 1.165) is 30.1 Å². The van der Waals surface area contributed by atoms with Gasteiger partial charge in [-0.2, -0.15) is 0 Å². The van der Waals surface area contributed by atoms with Gasteiger partial charge in [-0.3, -0.25) is 9.69 Å². The van der Waals surface area contributed by atoms with Gasteiger partial charge in [-0.05, 0) is 46.7 Å². The molecular formula is C24H26N2O3S. The van der Waals surface area contributed by atoms with Gasteiger partial charge in [-0.25, -0.2) is 0 Å². The van der Waals surface area contributed by atoms with Crippen molar-refractivity contribution in [2.45, 2.75) is 19.0 Å². The van der Waals surface area contributed by atoms with Crippen molar-refractivity contribution in [3.63, 3.8) is 0 Å². The molecule has 6 heteroatoms. The average Bonchev–Trinajstić information content (AvgIpc) is 3.33. The van der Waals surface area contributed by atoms with Crippen LogP contribution in [0.4, 0.5) is 0 Å². The molecule has 2 aromatic carbocycles. The van der Waals surface area contributed by atoms with Crippen LogP contribution < -0.4 is 14.8 Å². The SMILES string of the molecule is COc1cc2c(cc1OC)C(CNC(=O)c1cccs1)N(Cc1ccccc1)CC2. The van der Waals surface area contributed by atoms with Crippen molar-refractivity contribution < 1.29 is 14.3 Å². The quantitative estimate of drug-likeness (QED) is 0.617. The molecule has 0 radical (unpaired) electrons. The lowest BCUT2D eigenvalue weighted by Crippen LogP contribution is -2.41. The molecule has 2 heterocycles. The van der Waals surface area contributed by atoms with Crippen LogP contribution in [0.1, 0.15) is 32.4 Å². The van der Waals surface area contributed by atoms with Gasteiger partial charge in [-0.15, -0.1) is 11.3 Å². The minimum Gasteiger partial charge on any atom is -0.493 e. The first kappa shape index (κ1) is 20.4. The first-order valence-electron chi connectivity index (χ1n) is 10.0. The Morgan fingerprint density at radius 3 is 2.57 bits per heavy atom. The number of fused-ring (bicyclic) bond motifs is 1. The van der Waals surface area contributed by atoms with Crippen LogP contribution in [-0.4, -0.2) is 38.1 Å². The lowest BCUT2D eigenvalue weighted by molar-refractivity contribution is 0.0930. The Morgan fingerprint density at radius 2 is 1.87 bits per heavy atom. The van der Waals surface area contributed by atoms with Crippen molar-refractivity contribution in [1.29, 1.82) is 0 Å². The van der Waals surface area contributed by atoms with Gasteiger partial charge in [-0.1, -0.05) is 36.4 Å². The summed E-state index contributed by atoms with van der Waals surface area (Å²) in [4.78, 5) is 15.7. The summed E-state index contributed by atoms with van der Waals surface area (Å²) < 4.78 is 11.1. The van der Waals surface area contributed by atoms with E-state index in [2.05, 4.69) is 46.6 Å². The van der Waals surface area contributed by atoms with Gasteiger partial charge < -0.3 is 14.8 Å². The second-order valence-electron chi connectivity index (χ2n) is 7.32. The summed E-state index contributed by atoms with van der Waals surface area (Å²) in [5, 5.41) is 5.06. The second kappa shape index (κ2) is 9.32. The molecule has 5 nitrogen and oxygen atoms in total. The molecule has 156 valence electrons. The van der Waals surface area contributed by atoms with E-state index in [-0.39, 0.29) is 11.9 Å². The summed E-state index contributed by atoms with van der Waals surface area (Å²) >= 11 is 1.46. The van der Waals surface area contributed by atoms with Crippen molar-refractivity contribution in [2.24, 2.45) is 0 Å². The number of hydrogen-bond donors (Lipinski definition) is 1. The third-order valence-electron chi connectivity index (χ3n) is 5.54. The normalized spacial score (nSPS) is 16.0. The zero-order chi connectivity index (χ0) is 20.9. The topological polar surface area (TPSA) is 50.8 Å². The highest BCUT2D eigenvalue weighted by Crippen LogP contribution is 2.38. The summed E-state index contributed by atoms with van der Waals surface area (Å²) in [6, 6.07) is 18.4. The minimum atomic E-state index is -0.0303. The first-order chi connectivity index (χ1) is 14.7. The predicted octanol–water partition coefficient (Wildman–Crippen LogP) is 4.29. The van der Waals surface area contributed by atoms with E-state index in [1.54, 1.807) is 14.2 Å². The Morgan fingerprint density at radius 1 is 1.10 bits per heavy atom. The van der Waals surface area contributed by atoms with Gasteiger partial charge in [0.15, 0.2) is 11.5 Å². The number of nitrogens with zero attached hydrogens (tertiary/aromatic N) is 1. The van der Waals surface area contributed by atoms with Crippen molar-refractivity contribution in [3.05, 3.63) is 81.5 Å². The van der Waals surface area contributed by atoms with Crippen LogP contribution in [0.3, 0.4) is 0 Å². The molecule has 1 atom stereocenters. The van der Waals surface area contributed by atoms with E-state index in [9.17, 15) is 4.79 Å². The zero-order valence-corrected chi connectivity index (χ0v) is 18.1. The highest BCUT2D eigenvalue weighted by atomic mass is 32.1. The van der Waals surface area contributed by atoms with Crippen LogP contribution in [0.15, 0.2) is 60.0 Å². The Bertz CT molecular complexity index is 989. The molecule has 3 aromatic rings. The number of methoxy groups -OCH3 is 2. The first-order valence-corrected chi connectivity index (χ1v) is 10.9. The fraction of sp³-hybridized carbons (Fsp3) is 0.292. The molecule has 1 unspecified atom stereocenters. The fourth-order valence-corrected chi connectivity index (χ4v) is 4.65. The van der Waals surface area contributed by atoms with Gasteiger partial charge in [0.05, 0.1) is 25.1 Å². The molecule has 1 aliphatic rings. The number of carbonyl (C=O) groups excluding carboxylic acids is 1. The molecule has 0 spiro atoms. The maximum atomic E-state index is 12.6. The smallest absolute Gasteiger partial charge is 0.261 e. The lowest BCUT2D eigenvalue weighted by Gasteiger charge is -2.38. The number of amides is 1. The van der Waals surface area contributed by atoms with E-state index in [1.807, 2.05) is 23.6 Å². The Hall–Kier alpha value is -2.83.